The summed E-state index contributed by atoms with van der Waals surface area (Å²) in [6, 6.07) is 11.6. The zero-order valence-electron chi connectivity index (χ0n) is 15.1. The molecule has 28 heavy (non-hydrogen) atoms. The minimum atomic E-state index is -0.148. The predicted octanol–water partition coefficient (Wildman–Crippen LogP) is 4.00. The lowest BCUT2D eigenvalue weighted by Crippen LogP contribution is -2.31. The highest BCUT2D eigenvalue weighted by Gasteiger charge is 2.19. The summed E-state index contributed by atoms with van der Waals surface area (Å²) in [5.74, 6) is -0.148. The number of amides is 1. The molecule has 0 radical (unpaired) electrons. The van der Waals surface area contributed by atoms with Crippen LogP contribution in [0.2, 0.25) is 0 Å². The Morgan fingerprint density at radius 3 is 3.00 bits per heavy atom. The number of aromatic amines is 2. The molecule has 142 valence electrons. The van der Waals surface area contributed by atoms with Gasteiger partial charge in [0.25, 0.3) is 5.91 Å². The van der Waals surface area contributed by atoms with Crippen molar-refractivity contribution >= 4 is 16.9 Å². The van der Waals surface area contributed by atoms with Gasteiger partial charge in [0.1, 0.15) is 11.3 Å². The van der Waals surface area contributed by atoms with Crippen LogP contribution in [0.5, 0.6) is 0 Å². The molecule has 0 fully saturated rings. The molecule has 0 aliphatic heterocycles. The molecule has 4 heterocycles. The van der Waals surface area contributed by atoms with Gasteiger partial charge in [0, 0.05) is 57.9 Å². The fourth-order valence-electron chi connectivity index (χ4n) is 3.21. The summed E-state index contributed by atoms with van der Waals surface area (Å²) in [6.07, 6.45) is 9.10. The minimum absolute atomic E-state index is 0. The van der Waals surface area contributed by atoms with Crippen LogP contribution in [0.3, 0.4) is 0 Å². The van der Waals surface area contributed by atoms with Gasteiger partial charge in [-0.25, -0.2) is 4.98 Å². The Labute approximate surface area is 164 Å². The molecule has 4 aromatic heterocycles. The van der Waals surface area contributed by atoms with E-state index in [9.17, 15) is 4.79 Å². The van der Waals surface area contributed by atoms with Crippen molar-refractivity contribution < 1.29 is 7.65 Å². The Morgan fingerprint density at radius 2 is 2.18 bits per heavy atom. The molecule has 0 unspecified atom stereocenters. The number of carbonyl (C=O) groups is 1. The normalized spacial score (nSPS) is 10.7. The van der Waals surface area contributed by atoms with Crippen molar-refractivity contribution in [2.24, 2.45) is 0 Å². The number of carbonyl (C=O) groups excluding carboxylic acids is 1. The van der Waals surface area contributed by atoms with E-state index in [0.717, 1.165) is 27.7 Å². The number of H-pyrrole nitrogens is 2. The van der Waals surface area contributed by atoms with Gasteiger partial charge in [-0.2, -0.15) is 5.26 Å². The van der Waals surface area contributed by atoms with Gasteiger partial charge >= 0.3 is 0 Å². The first-order chi connectivity index (χ1) is 13.8. The largest absolute Gasteiger partial charge is 0.357 e. The fourth-order valence-corrected chi connectivity index (χ4v) is 3.21. The Hall–Kier alpha value is -3.92. The SMILES string of the molecule is N#CCCN(Cc1cccnc1)C(=O)c1cc(-c2ccnc3[nH]ccc23)c[nH]1.[HH].[HH]. The minimum Gasteiger partial charge on any atom is -0.357 e. The van der Waals surface area contributed by atoms with Crippen molar-refractivity contribution in [3.63, 3.8) is 0 Å². The van der Waals surface area contributed by atoms with E-state index in [1.165, 1.54) is 0 Å². The van der Waals surface area contributed by atoms with Gasteiger partial charge in [-0.1, -0.05) is 6.07 Å². The molecular weight excluding hydrogens is 352 g/mol. The Bertz CT molecular complexity index is 1150. The fraction of sp³-hybridized carbons (Fsp3) is 0.143. The van der Waals surface area contributed by atoms with E-state index in [2.05, 4.69) is 26.0 Å². The van der Waals surface area contributed by atoms with Gasteiger partial charge in [-0.15, -0.1) is 0 Å². The third kappa shape index (κ3) is 3.48. The summed E-state index contributed by atoms with van der Waals surface area (Å²) in [6.45, 7) is 0.760. The van der Waals surface area contributed by atoms with Crippen molar-refractivity contribution in [1.29, 1.82) is 5.26 Å². The highest BCUT2D eigenvalue weighted by molar-refractivity contribution is 5.97. The molecule has 7 heteroatoms. The zero-order chi connectivity index (χ0) is 19.3. The number of nitrogens with zero attached hydrogens (tertiary/aromatic N) is 4. The van der Waals surface area contributed by atoms with E-state index >= 15 is 0 Å². The second-order valence-electron chi connectivity index (χ2n) is 6.40. The molecule has 0 aliphatic rings. The van der Waals surface area contributed by atoms with E-state index < -0.39 is 0 Å². The van der Waals surface area contributed by atoms with E-state index in [1.807, 2.05) is 42.7 Å². The maximum absolute atomic E-state index is 13.1. The highest BCUT2D eigenvalue weighted by atomic mass is 16.2. The first-order valence-corrected chi connectivity index (χ1v) is 8.92. The molecular formula is C21H22N6O. The summed E-state index contributed by atoms with van der Waals surface area (Å²) in [7, 11) is 0. The summed E-state index contributed by atoms with van der Waals surface area (Å²) in [4.78, 5) is 29.3. The van der Waals surface area contributed by atoms with Crippen molar-refractivity contribution in [3.05, 3.63) is 72.6 Å². The summed E-state index contributed by atoms with van der Waals surface area (Å²) < 4.78 is 0. The lowest BCUT2D eigenvalue weighted by molar-refractivity contribution is 0.0741. The first kappa shape index (κ1) is 17.5. The van der Waals surface area contributed by atoms with Crippen LogP contribution in [0.4, 0.5) is 0 Å². The predicted molar refractivity (Wildman–Crippen MR) is 109 cm³/mol. The summed E-state index contributed by atoms with van der Waals surface area (Å²) >= 11 is 0. The molecule has 0 saturated carbocycles. The van der Waals surface area contributed by atoms with Gasteiger partial charge in [0.2, 0.25) is 0 Å². The first-order valence-electron chi connectivity index (χ1n) is 8.92. The molecule has 0 aromatic carbocycles. The maximum Gasteiger partial charge on any atom is 0.270 e. The van der Waals surface area contributed by atoms with Gasteiger partial charge in [-0.3, -0.25) is 9.78 Å². The molecule has 1 amide bonds. The number of pyridine rings is 2. The maximum atomic E-state index is 13.1. The number of hydrogen-bond donors (Lipinski definition) is 2. The number of nitrogens with one attached hydrogen (secondary N) is 2. The van der Waals surface area contributed by atoms with E-state index in [0.29, 0.717) is 18.8 Å². The molecule has 7 nitrogen and oxygen atoms in total. The average Bonchev–Trinajstić information content (AvgIpc) is 3.40. The monoisotopic (exact) mass is 374 g/mol. The van der Waals surface area contributed by atoms with Crippen LogP contribution in [0.1, 0.15) is 25.3 Å². The third-order valence-electron chi connectivity index (χ3n) is 4.56. The third-order valence-corrected chi connectivity index (χ3v) is 4.56. The van der Waals surface area contributed by atoms with Crippen LogP contribution >= 0.6 is 0 Å². The Kier molecular flexibility index (Phi) is 4.85. The summed E-state index contributed by atoms with van der Waals surface area (Å²) in [5.41, 5.74) is 4.12. The molecule has 0 saturated heterocycles. The van der Waals surface area contributed by atoms with Crippen molar-refractivity contribution in [2.45, 2.75) is 13.0 Å². The Morgan fingerprint density at radius 1 is 1.25 bits per heavy atom. The van der Waals surface area contributed by atoms with Crippen LogP contribution in [0.25, 0.3) is 22.2 Å². The van der Waals surface area contributed by atoms with Crippen LogP contribution < -0.4 is 0 Å². The summed E-state index contributed by atoms with van der Waals surface area (Å²) in [5, 5.41) is 9.95. The van der Waals surface area contributed by atoms with Crippen LogP contribution in [0.15, 0.2) is 61.3 Å². The number of hydrogen-bond acceptors (Lipinski definition) is 4. The lowest BCUT2D eigenvalue weighted by atomic mass is 10.1. The van der Waals surface area contributed by atoms with Crippen LogP contribution in [0, 0.1) is 11.3 Å². The van der Waals surface area contributed by atoms with Crippen molar-refractivity contribution in [1.82, 2.24) is 24.8 Å². The lowest BCUT2D eigenvalue weighted by Gasteiger charge is -2.21. The quantitative estimate of drug-likeness (QED) is 0.532. The second-order valence-corrected chi connectivity index (χ2v) is 6.40. The second kappa shape index (κ2) is 7.76. The van der Waals surface area contributed by atoms with Gasteiger partial charge < -0.3 is 14.9 Å². The molecule has 0 spiro atoms. The molecule has 4 rings (SSSR count). The Balaban J connectivity index is 0.00000160. The van der Waals surface area contributed by atoms with Crippen molar-refractivity contribution in [3.8, 4) is 17.2 Å². The van der Waals surface area contributed by atoms with Crippen LogP contribution in [-0.2, 0) is 6.54 Å². The van der Waals surface area contributed by atoms with E-state index in [1.54, 1.807) is 23.5 Å². The standard InChI is InChI=1S/C21H18N6O.2H2/c22-6-2-10-27(14-15-3-1-7-23-12-15)21(28)19-11-16(13-26-19)17-4-8-24-20-18(17)5-9-25-20;;/h1,3-5,7-9,11-13,26H,2,10,14H2,(H,24,25);2*1H. The smallest absolute Gasteiger partial charge is 0.270 e. The van der Waals surface area contributed by atoms with Gasteiger partial charge in [0.15, 0.2) is 0 Å². The number of aromatic nitrogens is 4. The van der Waals surface area contributed by atoms with Gasteiger partial charge in [-0.05, 0) is 35.4 Å². The number of nitriles is 1. The molecule has 0 bridgehead atoms. The number of fused-ring (bicyclic) bond motifs is 1. The van der Waals surface area contributed by atoms with E-state index in [4.69, 9.17) is 5.26 Å². The van der Waals surface area contributed by atoms with Crippen molar-refractivity contribution in [2.75, 3.05) is 6.54 Å². The number of rotatable bonds is 6. The van der Waals surface area contributed by atoms with Gasteiger partial charge in [0.05, 0.1) is 12.5 Å². The zero-order valence-corrected chi connectivity index (χ0v) is 15.1. The average molecular weight is 374 g/mol. The molecule has 4 aromatic rings. The van der Waals surface area contributed by atoms with E-state index in [-0.39, 0.29) is 15.2 Å². The highest BCUT2D eigenvalue weighted by Crippen LogP contribution is 2.27. The molecule has 2 N–H and O–H groups in total. The van der Waals surface area contributed by atoms with Crippen LogP contribution in [-0.4, -0.2) is 37.3 Å². The topological polar surface area (TPSA) is 101 Å². The molecule has 0 aliphatic carbocycles. The molecule has 0 atom stereocenters.